The lowest BCUT2D eigenvalue weighted by Crippen LogP contribution is -2.24. The molecular weight excluding hydrogens is 212 g/mol. The van der Waals surface area contributed by atoms with E-state index in [0.717, 1.165) is 0 Å². The third-order valence-electron chi connectivity index (χ3n) is 1.85. The number of hydrogen-bond acceptors (Lipinski definition) is 4. The quantitative estimate of drug-likeness (QED) is 0.528. The maximum Gasteiger partial charge on any atom is 0.230 e. The fourth-order valence-electron chi connectivity index (χ4n) is 1.12. The Hall–Kier alpha value is -1.36. The Morgan fingerprint density at radius 3 is 3.00 bits per heavy atom. The van der Waals surface area contributed by atoms with Crippen LogP contribution in [-0.4, -0.2) is 23.0 Å². The lowest BCUT2D eigenvalue weighted by molar-refractivity contribution is -0.118. The van der Waals surface area contributed by atoms with Crippen molar-refractivity contribution >= 4 is 23.4 Å². The topological polar surface area (TPSA) is 75.4 Å². The van der Waals surface area contributed by atoms with Crippen LogP contribution in [0.4, 0.5) is 5.69 Å². The summed E-state index contributed by atoms with van der Waals surface area (Å²) >= 11 is 1.45. The van der Waals surface area contributed by atoms with Gasteiger partial charge in [-0.1, -0.05) is 0 Å². The summed E-state index contributed by atoms with van der Waals surface area (Å²) in [5, 5.41) is 12.2. The van der Waals surface area contributed by atoms with Gasteiger partial charge in [0.25, 0.3) is 0 Å². The fourth-order valence-corrected chi connectivity index (χ4v) is 1.49. The predicted molar refractivity (Wildman–Crippen MR) is 62.7 cm³/mol. The lowest BCUT2D eigenvalue weighted by atomic mass is 10.2. The molecule has 0 bridgehead atoms. The smallest absolute Gasteiger partial charge is 0.230 e. The first kappa shape index (κ1) is 11.7. The average Bonchev–Trinajstić information content (AvgIpc) is 2.20. The van der Waals surface area contributed by atoms with Gasteiger partial charge in [-0.15, -0.1) is 0 Å². The van der Waals surface area contributed by atoms with Crippen molar-refractivity contribution < 1.29 is 9.90 Å². The van der Waals surface area contributed by atoms with E-state index in [1.165, 1.54) is 17.8 Å². The first-order valence-electron chi connectivity index (χ1n) is 4.46. The second kappa shape index (κ2) is 5.50. The van der Waals surface area contributed by atoms with Gasteiger partial charge in [0.05, 0.1) is 5.75 Å². The highest BCUT2D eigenvalue weighted by Crippen LogP contribution is 2.19. The van der Waals surface area contributed by atoms with Crippen molar-refractivity contribution in [2.75, 3.05) is 17.7 Å². The molecule has 0 aliphatic carbocycles. The zero-order valence-electron chi connectivity index (χ0n) is 8.49. The number of anilines is 1. The van der Waals surface area contributed by atoms with Crippen molar-refractivity contribution in [2.24, 2.45) is 0 Å². The average molecular weight is 226 g/mol. The molecule has 4 N–H and O–H groups in total. The number of phenolic OH excluding ortho intramolecular Hbond substituents is 1. The van der Waals surface area contributed by atoms with Crippen LogP contribution in [-0.2, 0) is 11.3 Å². The van der Waals surface area contributed by atoms with Crippen molar-refractivity contribution in [3.8, 4) is 5.75 Å². The predicted octanol–water partition coefficient (Wildman–Crippen LogP) is 0.954. The van der Waals surface area contributed by atoms with Crippen molar-refractivity contribution in [3.63, 3.8) is 0 Å². The van der Waals surface area contributed by atoms with Crippen LogP contribution in [0.3, 0.4) is 0 Å². The van der Waals surface area contributed by atoms with Gasteiger partial charge in [-0.25, -0.2) is 0 Å². The van der Waals surface area contributed by atoms with Crippen LogP contribution < -0.4 is 11.1 Å². The van der Waals surface area contributed by atoms with Gasteiger partial charge in [0.1, 0.15) is 5.75 Å². The minimum atomic E-state index is -0.0516. The molecule has 0 atom stereocenters. The summed E-state index contributed by atoms with van der Waals surface area (Å²) < 4.78 is 0. The highest BCUT2D eigenvalue weighted by Gasteiger charge is 2.04. The van der Waals surface area contributed by atoms with Gasteiger partial charge in [-0.2, -0.15) is 11.8 Å². The van der Waals surface area contributed by atoms with Crippen LogP contribution in [0.1, 0.15) is 5.56 Å². The number of nitrogen functional groups attached to an aromatic ring is 1. The molecule has 1 rings (SSSR count). The normalized spacial score (nSPS) is 9.93. The van der Waals surface area contributed by atoms with Crippen LogP contribution in [0.25, 0.3) is 0 Å². The summed E-state index contributed by atoms with van der Waals surface area (Å²) in [4.78, 5) is 11.2. The number of phenols is 1. The van der Waals surface area contributed by atoms with E-state index >= 15 is 0 Å². The van der Waals surface area contributed by atoms with Crippen molar-refractivity contribution in [3.05, 3.63) is 23.8 Å². The molecule has 15 heavy (non-hydrogen) atoms. The third kappa shape index (κ3) is 3.71. The van der Waals surface area contributed by atoms with Crippen LogP contribution >= 0.6 is 11.8 Å². The second-order valence-corrected chi connectivity index (χ2v) is 3.96. The molecule has 82 valence electrons. The van der Waals surface area contributed by atoms with E-state index in [1.807, 2.05) is 6.26 Å². The number of nitrogens with two attached hydrogens (primary N) is 1. The van der Waals surface area contributed by atoms with Gasteiger partial charge in [0.2, 0.25) is 5.91 Å². The number of benzene rings is 1. The summed E-state index contributed by atoms with van der Waals surface area (Å²) in [5.41, 5.74) is 6.76. The van der Waals surface area contributed by atoms with Gasteiger partial charge >= 0.3 is 0 Å². The van der Waals surface area contributed by atoms with Crippen LogP contribution in [0.2, 0.25) is 0 Å². The number of nitrogens with one attached hydrogen (secondary N) is 1. The van der Waals surface area contributed by atoms with E-state index in [1.54, 1.807) is 12.1 Å². The SMILES string of the molecule is CSCC(=O)NCc1cc(N)ccc1O. The molecular formula is C10H14N2O2S. The molecule has 0 radical (unpaired) electrons. The van der Waals surface area contributed by atoms with E-state index in [-0.39, 0.29) is 11.7 Å². The van der Waals surface area contributed by atoms with Crippen molar-refractivity contribution in [1.82, 2.24) is 5.32 Å². The largest absolute Gasteiger partial charge is 0.508 e. The minimum Gasteiger partial charge on any atom is -0.508 e. The number of rotatable bonds is 4. The van der Waals surface area contributed by atoms with E-state index < -0.39 is 0 Å². The summed E-state index contributed by atoms with van der Waals surface area (Å²) in [5.74, 6) is 0.515. The van der Waals surface area contributed by atoms with E-state index in [2.05, 4.69) is 5.32 Å². The van der Waals surface area contributed by atoms with Gasteiger partial charge < -0.3 is 16.2 Å². The molecule has 0 unspecified atom stereocenters. The van der Waals surface area contributed by atoms with Crippen LogP contribution in [0.15, 0.2) is 18.2 Å². The van der Waals surface area contributed by atoms with Crippen molar-refractivity contribution in [1.29, 1.82) is 0 Å². The fraction of sp³-hybridized carbons (Fsp3) is 0.300. The molecule has 5 heteroatoms. The zero-order valence-corrected chi connectivity index (χ0v) is 9.30. The molecule has 0 saturated heterocycles. The van der Waals surface area contributed by atoms with Gasteiger partial charge in [-0.3, -0.25) is 4.79 Å². The molecule has 0 aromatic heterocycles. The molecule has 1 aromatic rings. The molecule has 0 fully saturated rings. The summed E-state index contributed by atoms with van der Waals surface area (Å²) in [7, 11) is 0. The van der Waals surface area contributed by atoms with Gasteiger partial charge in [0, 0.05) is 17.8 Å². The molecule has 0 aliphatic rings. The molecule has 1 aromatic carbocycles. The molecule has 4 nitrogen and oxygen atoms in total. The Bertz CT molecular complexity index is 355. The Labute approximate surface area is 92.9 Å². The highest BCUT2D eigenvalue weighted by atomic mass is 32.2. The van der Waals surface area contributed by atoms with E-state index in [4.69, 9.17) is 5.73 Å². The zero-order chi connectivity index (χ0) is 11.3. The number of hydrogen-bond donors (Lipinski definition) is 3. The number of carbonyl (C=O) groups is 1. The standard InChI is InChI=1S/C10H14N2O2S/c1-15-6-10(14)12-5-7-4-8(11)2-3-9(7)13/h2-4,13H,5-6,11H2,1H3,(H,12,14). The van der Waals surface area contributed by atoms with Gasteiger partial charge in [0.15, 0.2) is 0 Å². The Morgan fingerprint density at radius 1 is 1.60 bits per heavy atom. The van der Waals surface area contributed by atoms with Crippen LogP contribution in [0.5, 0.6) is 5.75 Å². The second-order valence-electron chi connectivity index (χ2n) is 3.10. The monoisotopic (exact) mass is 226 g/mol. The summed E-state index contributed by atoms with van der Waals surface area (Å²) in [6.45, 7) is 0.302. The Balaban J connectivity index is 2.57. The number of thioether (sulfide) groups is 1. The van der Waals surface area contributed by atoms with E-state index in [0.29, 0.717) is 23.5 Å². The van der Waals surface area contributed by atoms with Gasteiger partial charge in [-0.05, 0) is 24.5 Å². The lowest BCUT2D eigenvalue weighted by Gasteiger charge is -2.07. The maximum atomic E-state index is 11.2. The number of amides is 1. The first-order valence-corrected chi connectivity index (χ1v) is 5.86. The highest BCUT2D eigenvalue weighted by molar-refractivity contribution is 7.99. The van der Waals surface area contributed by atoms with Crippen LogP contribution in [0, 0.1) is 0 Å². The third-order valence-corrected chi connectivity index (χ3v) is 2.41. The molecule has 0 aliphatic heterocycles. The molecule has 0 saturated carbocycles. The Kier molecular flexibility index (Phi) is 4.30. The first-order chi connectivity index (χ1) is 7.13. The number of carbonyl (C=O) groups excluding carboxylic acids is 1. The molecule has 1 amide bonds. The molecule has 0 spiro atoms. The molecule has 0 heterocycles. The Morgan fingerprint density at radius 2 is 2.33 bits per heavy atom. The summed E-state index contributed by atoms with van der Waals surface area (Å²) in [6.07, 6.45) is 1.86. The summed E-state index contributed by atoms with van der Waals surface area (Å²) in [6, 6.07) is 4.78. The minimum absolute atomic E-state index is 0.0516. The maximum absolute atomic E-state index is 11.2. The van der Waals surface area contributed by atoms with Crippen molar-refractivity contribution in [2.45, 2.75) is 6.54 Å². The van der Waals surface area contributed by atoms with E-state index in [9.17, 15) is 9.90 Å². The number of aromatic hydroxyl groups is 1.